The van der Waals surface area contributed by atoms with Gasteiger partial charge in [0.1, 0.15) is 0 Å². The maximum atomic E-state index is 5.94. The van der Waals surface area contributed by atoms with Crippen molar-refractivity contribution in [3.05, 3.63) is 11.7 Å². The van der Waals surface area contributed by atoms with Gasteiger partial charge in [0, 0.05) is 13.5 Å². The molecule has 18 heavy (non-hydrogen) atoms. The molecule has 0 aromatic carbocycles. The van der Waals surface area contributed by atoms with E-state index in [-0.39, 0.29) is 6.04 Å². The summed E-state index contributed by atoms with van der Waals surface area (Å²) in [4.78, 5) is 4.27. The lowest BCUT2D eigenvalue weighted by Crippen LogP contribution is -2.11. The van der Waals surface area contributed by atoms with Crippen molar-refractivity contribution in [3.8, 4) is 0 Å². The quantitative estimate of drug-likeness (QED) is 0.639. The number of nitrogens with zero attached hydrogens (tertiary/aromatic N) is 2. The van der Waals surface area contributed by atoms with E-state index in [4.69, 9.17) is 19.7 Å². The Balaban J connectivity index is 2.25. The maximum absolute atomic E-state index is 5.94. The molecule has 0 aliphatic heterocycles. The third-order valence-electron chi connectivity index (χ3n) is 2.57. The largest absolute Gasteiger partial charge is 0.382 e. The maximum Gasteiger partial charge on any atom is 0.243 e. The van der Waals surface area contributed by atoms with E-state index in [2.05, 4.69) is 17.1 Å². The summed E-state index contributed by atoms with van der Waals surface area (Å²) in [6.07, 6.45) is 3.69. The lowest BCUT2D eigenvalue weighted by molar-refractivity contribution is 0.0714. The van der Waals surface area contributed by atoms with Crippen molar-refractivity contribution < 1.29 is 14.0 Å². The van der Waals surface area contributed by atoms with Crippen LogP contribution < -0.4 is 5.73 Å². The fourth-order valence-corrected chi connectivity index (χ4v) is 1.47. The van der Waals surface area contributed by atoms with Crippen molar-refractivity contribution in [2.75, 3.05) is 26.9 Å². The van der Waals surface area contributed by atoms with Crippen LogP contribution in [0.2, 0.25) is 0 Å². The molecule has 0 saturated carbocycles. The van der Waals surface area contributed by atoms with Crippen LogP contribution in [0, 0.1) is 0 Å². The first-order chi connectivity index (χ1) is 8.77. The molecule has 0 spiro atoms. The van der Waals surface area contributed by atoms with Gasteiger partial charge in [-0.3, -0.25) is 0 Å². The van der Waals surface area contributed by atoms with E-state index in [0.717, 1.165) is 19.3 Å². The highest BCUT2D eigenvalue weighted by Crippen LogP contribution is 2.14. The fourth-order valence-electron chi connectivity index (χ4n) is 1.47. The molecular weight excluding hydrogens is 234 g/mol. The van der Waals surface area contributed by atoms with Gasteiger partial charge < -0.3 is 19.7 Å². The van der Waals surface area contributed by atoms with E-state index in [1.165, 1.54) is 0 Å². The van der Waals surface area contributed by atoms with Crippen LogP contribution in [0.4, 0.5) is 0 Å². The number of nitrogens with two attached hydrogens (primary N) is 1. The summed E-state index contributed by atoms with van der Waals surface area (Å²) in [7, 11) is 1.65. The van der Waals surface area contributed by atoms with Gasteiger partial charge in [0.2, 0.25) is 5.89 Å². The first kappa shape index (κ1) is 15.1. The minimum atomic E-state index is -0.152. The highest BCUT2D eigenvalue weighted by atomic mass is 16.5. The molecule has 2 N–H and O–H groups in total. The summed E-state index contributed by atoms with van der Waals surface area (Å²) in [6.45, 7) is 3.87. The molecule has 0 amide bonds. The number of hydrogen-bond donors (Lipinski definition) is 1. The Morgan fingerprint density at radius 1 is 1.33 bits per heavy atom. The molecule has 0 radical (unpaired) electrons. The van der Waals surface area contributed by atoms with Gasteiger partial charge in [-0.25, -0.2) is 0 Å². The summed E-state index contributed by atoms with van der Waals surface area (Å²) in [5, 5.41) is 3.89. The zero-order chi connectivity index (χ0) is 13.2. The number of unbranched alkanes of at least 4 members (excludes halogenated alkanes) is 1. The highest BCUT2D eigenvalue weighted by molar-refractivity contribution is 4.91. The minimum Gasteiger partial charge on any atom is -0.382 e. The van der Waals surface area contributed by atoms with Crippen LogP contribution in [0.3, 0.4) is 0 Å². The Morgan fingerprint density at radius 3 is 2.89 bits per heavy atom. The molecule has 0 aliphatic carbocycles. The monoisotopic (exact) mass is 257 g/mol. The van der Waals surface area contributed by atoms with Crippen LogP contribution in [0.1, 0.15) is 43.9 Å². The molecule has 1 heterocycles. The Labute approximate surface area is 108 Å². The summed E-state index contributed by atoms with van der Waals surface area (Å²) in [6, 6.07) is -0.152. The zero-order valence-corrected chi connectivity index (χ0v) is 11.2. The average molecular weight is 257 g/mol. The Morgan fingerprint density at radius 2 is 2.17 bits per heavy atom. The number of rotatable bonds is 10. The predicted molar refractivity (Wildman–Crippen MR) is 67.2 cm³/mol. The molecule has 0 bridgehead atoms. The number of ether oxygens (including phenoxy) is 2. The lowest BCUT2D eigenvalue weighted by atomic mass is 10.1. The van der Waals surface area contributed by atoms with Crippen molar-refractivity contribution in [1.82, 2.24) is 10.1 Å². The van der Waals surface area contributed by atoms with Gasteiger partial charge >= 0.3 is 0 Å². The lowest BCUT2D eigenvalue weighted by Gasteiger charge is -2.03. The second kappa shape index (κ2) is 9.02. The van der Waals surface area contributed by atoms with Crippen molar-refractivity contribution in [2.45, 2.75) is 38.6 Å². The van der Waals surface area contributed by atoms with Crippen LogP contribution in [0.15, 0.2) is 4.52 Å². The van der Waals surface area contributed by atoms with E-state index < -0.39 is 0 Å². The summed E-state index contributed by atoms with van der Waals surface area (Å²) < 4.78 is 15.3. The fraction of sp³-hybridized carbons (Fsp3) is 0.833. The molecule has 6 nitrogen and oxygen atoms in total. The van der Waals surface area contributed by atoms with Gasteiger partial charge in [0.25, 0.3) is 0 Å². The molecule has 0 fully saturated rings. The van der Waals surface area contributed by atoms with E-state index in [9.17, 15) is 0 Å². The van der Waals surface area contributed by atoms with Crippen LogP contribution in [-0.2, 0) is 15.9 Å². The molecule has 1 unspecified atom stereocenters. The van der Waals surface area contributed by atoms with Gasteiger partial charge in [0.05, 0.1) is 25.9 Å². The number of hydrogen-bond acceptors (Lipinski definition) is 6. The molecule has 0 saturated heterocycles. The van der Waals surface area contributed by atoms with E-state index in [0.29, 0.717) is 38.0 Å². The summed E-state index contributed by atoms with van der Waals surface area (Å²) in [5.41, 5.74) is 5.94. The molecule has 0 aliphatic rings. The van der Waals surface area contributed by atoms with E-state index in [1.807, 2.05) is 0 Å². The summed E-state index contributed by atoms with van der Waals surface area (Å²) in [5.74, 6) is 1.17. The van der Waals surface area contributed by atoms with Gasteiger partial charge in [0.15, 0.2) is 5.82 Å². The molecule has 1 rings (SSSR count). The van der Waals surface area contributed by atoms with Gasteiger partial charge in [-0.1, -0.05) is 24.9 Å². The molecule has 104 valence electrons. The SMILES string of the molecule is CCCCC(N)c1nc(CCOCCOC)no1. The summed E-state index contributed by atoms with van der Waals surface area (Å²) >= 11 is 0. The smallest absolute Gasteiger partial charge is 0.243 e. The molecular formula is C12H23N3O3. The van der Waals surface area contributed by atoms with Crippen LogP contribution in [0.25, 0.3) is 0 Å². The van der Waals surface area contributed by atoms with Gasteiger partial charge in [-0.2, -0.15) is 4.98 Å². The topological polar surface area (TPSA) is 83.4 Å². The Kier molecular flexibility index (Phi) is 7.55. The molecule has 6 heteroatoms. The highest BCUT2D eigenvalue weighted by Gasteiger charge is 2.13. The first-order valence-electron chi connectivity index (χ1n) is 6.42. The Bertz CT molecular complexity index is 317. The first-order valence-corrected chi connectivity index (χ1v) is 6.42. The third-order valence-corrected chi connectivity index (χ3v) is 2.57. The minimum absolute atomic E-state index is 0.152. The van der Waals surface area contributed by atoms with Crippen LogP contribution >= 0.6 is 0 Å². The predicted octanol–water partition coefficient (Wildman–Crippen LogP) is 1.47. The van der Waals surface area contributed by atoms with Crippen molar-refractivity contribution >= 4 is 0 Å². The van der Waals surface area contributed by atoms with Crippen molar-refractivity contribution in [2.24, 2.45) is 5.73 Å². The van der Waals surface area contributed by atoms with E-state index in [1.54, 1.807) is 7.11 Å². The number of methoxy groups -OCH3 is 1. The molecule has 1 atom stereocenters. The number of aromatic nitrogens is 2. The second-order valence-corrected chi connectivity index (χ2v) is 4.15. The van der Waals surface area contributed by atoms with E-state index >= 15 is 0 Å². The third kappa shape index (κ3) is 5.57. The van der Waals surface area contributed by atoms with Crippen molar-refractivity contribution in [1.29, 1.82) is 0 Å². The van der Waals surface area contributed by atoms with Gasteiger partial charge in [-0.15, -0.1) is 0 Å². The van der Waals surface area contributed by atoms with Gasteiger partial charge in [-0.05, 0) is 6.42 Å². The molecule has 1 aromatic rings. The Hall–Kier alpha value is -0.980. The zero-order valence-electron chi connectivity index (χ0n) is 11.2. The standard InChI is InChI=1S/C12H23N3O3/c1-3-4-5-10(13)12-14-11(15-18-12)6-7-17-9-8-16-2/h10H,3-9,13H2,1-2H3. The average Bonchev–Trinajstić information content (AvgIpc) is 2.84. The van der Waals surface area contributed by atoms with Crippen molar-refractivity contribution in [3.63, 3.8) is 0 Å². The molecule has 1 aromatic heterocycles. The second-order valence-electron chi connectivity index (χ2n) is 4.15. The normalized spacial score (nSPS) is 12.8. The van der Waals surface area contributed by atoms with Crippen LogP contribution in [-0.4, -0.2) is 37.1 Å². The van der Waals surface area contributed by atoms with Crippen LogP contribution in [0.5, 0.6) is 0 Å².